The number of aliphatic hydroxyl groups is 1. The maximum atomic E-state index is 12.1. The van der Waals surface area contributed by atoms with E-state index in [4.69, 9.17) is 5.73 Å². The zero-order valence-corrected chi connectivity index (χ0v) is 16.1. The molecule has 4 N–H and O–H groups in total. The Morgan fingerprint density at radius 3 is 2.50 bits per heavy atom. The summed E-state index contributed by atoms with van der Waals surface area (Å²) in [7, 11) is 0. The van der Waals surface area contributed by atoms with Gasteiger partial charge in [-0.1, -0.05) is 59.3 Å². The van der Waals surface area contributed by atoms with Crippen molar-refractivity contribution >= 4 is 5.91 Å². The number of amides is 1. The summed E-state index contributed by atoms with van der Waals surface area (Å²) in [4.78, 5) is 12.1. The van der Waals surface area contributed by atoms with Crippen LogP contribution >= 0.6 is 0 Å². The van der Waals surface area contributed by atoms with Crippen molar-refractivity contribution in [2.45, 2.75) is 97.1 Å². The van der Waals surface area contributed by atoms with E-state index in [1.807, 2.05) is 0 Å². The van der Waals surface area contributed by atoms with Gasteiger partial charge < -0.3 is 16.2 Å². The second-order valence-electron chi connectivity index (χ2n) is 8.12. The number of unbranched alkanes of at least 4 members (excludes halogenated alkanes) is 1. The minimum Gasteiger partial charge on any atom is -0.392 e. The van der Waals surface area contributed by atoms with Gasteiger partial charge in [-0.2, -0.15) is 0 Å². The van der Waals surface area contributed by atoms with Crippen LogP contribution in [0.5, 0.6) is 0 Å². The lowest BCUT2D eigenvalue weighted by molar-refractivity contribution is -0.122. The molecule has 142 valence electrons. The first-order valence-electron chi connectivity index (χ1n) is 10.1. The summed E-state index contributed by atoms with van der Waals surface area (Å²) in [5, 5.41) is 13.5. The van der Waals surface area contributed by atoms with Crippen molar-refractivity contribution in [2.24, 2.45) is 23.5 Å². The molecule has 0 bridgehead atoms. The smallest absolute Gasteiger partial charge is 0.220 e. The molecule has 4 heteroatoms. The Bertz CT molecular complexity index is 341. The van der Waals surface area contributed by atoms with E-state index in [9.17, 15) is 9.90 Å². The molecule has 4 nitrogen and oxygen atoms in total. The Balaban J connectivity index is 2.40. The molecule has 0 spiro atoms. The SMILES string of the molecule is CCCCNC(=O)C[C@@H](C[C@H](O)[C@@H](N)CC1CCCCC1)C(C)C. The zero-order chi connectivity index (χ0) is 17.9. The van der Waals surface area contributed by atoms with Crippen molar-refractivity contribution in [3.63, 3.8) is 0 Å². The highest BCUT2D eigenvalue weighted by atomic mass is 16.3. The third-order valence-electron chi connectivity index (χ3n) is 5.61. The number of hydrogen-bond acceptors (Lipinski definition) is 3. The van der Waals surface area contributed by atoms with Crippen LogP contribution in [-0.4, -0.2) is 29.7 Å². The standard InChI is InChI=1S/C20H40N2O2/c1-4-5-11-22-20(24)14-17(15(2)3)13-19(23)18(21)12-16-9-7-6-8-10-16/h15-19,23H,4-14,21H2,1-3H3,(H,22,24)/t17-,18+,19+/m1/s1. The van der Waals surface area contributed by atoms with Crippen LogP contribution in [0.1, 0.15) is 85.0 Å². The quantitative estimate of drug-likeness (QED) is 0.503. The van der Waals surface area contributed by atoms with Crippen LogP contribution in [-0.2, 0) is 4.79 Å². The van der Waals surface area contributed by atoms with E-state index in [0.29, 0.717) is 24.7 Å². The molecule has 0 radical (unpaired) electrons. The lowest BCUT2D eigenvalue weighted by Gasteiger charge is -2.30. The molecule has 0 aromatic rings. The van der Waals surface area contributed by atoms with Gasteiger partial charge in [-0.05, 0) is 37.0 Å². The van der Waals surface area contributed by atoms with Gasteiger partial charge in [0.05, 0.1) is 6.10 Å². The Morgan fingerprint density at radius 2 is 1.92 bits per heavy atom. The minimum atomic E-state index is -0.497. The predicted molar refractivity (Wildman–Crippen MR) is 101 cm³/mol. The Morgan fingerprint density at radius 1 is 1.25 bits per heavy atom. The van der Waals surface area contributed by atoms with Gasteiger partial charge in [0.15, 0.2) is 0 Å². The zero-order valence-electron chi connectivity index (χ0n) is 16.1. The van der Waals surface area contributed by atoms with E-state index >= 15 is 0 Å². The Hall–Kier alpha value is -0.610. The van der Waals surface area contributed by atoms with Gasteiger partial charge in [-0.25, -0.2) is 0 Å². The summed E-state index contributed by atoms with van der Waals surface area (Å²) in [6.45, 7) is 7.13. The van der Waals surface area contributed by atoms with Crippen LogP contribution in [0.25, 0.3) is 0 Å². The molecule has 1 aliphatic rings. The van der Waals surface area contributed by atoms with Crippen molar-refractivity contribution < 1.29 is 9.90 Å². The van der Waals surface area contributed by atoms with Crippen molar-refractivity contribution in [2.75, 3.05) is 6.54 Å². The van der Waals surface area contributed by atoms with Crippen LogP contribution in [0, 0.1) is 17.8 Å². The van der Waals surface area contributed by atoms with E-state index in [-0.39, 0.29) is 17.9 Å². The monoisotopic (exact) mass is 340 g/mol. The molecule has 3 atom stereocenters. The third-order valence-corrected chi connectivity index (χ3v) is 5.61. The third kappa shape index (κ3) is 8.48. The number of aliphatic hydroxyl groups excluding tert-OH is 1. The molecule has 0 heterocycles. The summed E-state index contributed by atoms with van der Waals surface area (Å²) < 4.78 is 0. The molecular formula is C20H40N2O2. The fourth-order valence-corrected chi connectivity index (χ4v) is 3.76. The predicted octanol–water partition coefficient (Wildman–Crippen LogP) is 3.61. The van der Waals surface area contributed by atoms with Crippen LogP contribution in [0.2, 0.25) is 0 Å². The summed E-state index contributed by atoms with van der Waals surface area (Å²) in [5.74, 6) is 1.35. The number of hydrogen-bond donors (Lipinski definition) is 3. The van der Waals surface area contributed by atoms with Crippen LogP contribution in [0.4, 0.5) is 0 Å². The molecule has 0 aromatic heterocycles. The average molecular weight is 341 g/mol. The molecule has 1 amide bonds. The molecule has 24 heavy (non-hydrogen) atoms. The lowest BCUT2D eigenvalue weighted by Crippen LogP contribution is -2.39. The van der Waals surface area contributed by atoms with E-state index in [0.717, 1.165) is 25.8 Å². The molecule has 0 aromatic carbocycles. The van der Waals surface area contributed by atoms with Gasteiger partial charge in [0.1, 0.15) is 0 Å². The largest absolute Gasteiger partial charge is 0.392 e. The maximum absolute atomic E-state index is 12.1. The highest BCUT2D eigenvalue weighted by molar-refractivity contribution is 5.76. The summed E-state index contributed by atoms with van der Waals surface area (Å²) >= 11 is 0. The highest BCUT2D eigenvalue weighted by Crippen LogP contribution is 2.29. The fourth-order valence-electron chi connectivity index (χ4n) is 3.76. The van der Waals surface area contributed by atoms with Crippen LogP contribution in [0.15, 0.2) is 0 Å². The lowest BCUT2D eigenvalue weighted by atomic mass is 9.81. The number of carbonyl (C=O) groups is 1. The highest BCUT2D eigenvalue weighted by Gasteiger charge is 2.26. The summed E-state index contributed by atoms with van der Waals surface area (Å²) in [6.07, 6.45) is 10.1. The van der Waals surface area contributed by atoms with Gasteiger partial charge in [0.25, 0.3) is 0 Å². The molecule has 0 saturated heterocycles. The molecule has 1 rings (SSSR count). The molecule has 1 fully saturated rings. The first-order chi connectivity index (χ1) is 11.4. The summed E-state index contributed by atoms with van der Waals surface area (Å²) in [6, 6.07) is -0.155. The van der Waals surface area contributed by atoms with Gasteiger partial charge in [-0.15, -0.1) is 0 Å². The normalized spacial score (nSPS) is 19.9. The van der Waals surface area contributed by atoms with Gasteiger partial charge in [-0.3, -0.25) is 4.79 Å². The second-order valence-corrected chi connectivity index (χ2v) is 8.12. The number of rotatable bonds is 11. The van der Waals surface area contributed by atoms with Crippen LogP contribution < -0.4 is 11.1 Å². The fraction of sp³-hybridized carbons (Fsp3) is 0.950. The van der Waals surface area contributed by atoms with E-state index in [1.54, 1.807) is 0 Å². The molecular weight excluding hydrogens is 300 g/mol. The average Bonchev–Trinajstić information content (AvgIpc) is 2.55. The number of carbonyl (C=O) groups excluding carboxylic acids is 1. The number of nitrogens with two attached hydrogens (primary N) is 1. The van der Waals surface area contributed by atoms with E-state index in [2.05, 4.69) is 26.1 Å². The number of nitrogens with one attached hydrogen (secondary N) is 1. The Kier molecular flexibility index (Phi) is 10.6. The van der Waals surface area contributed by atoms with Crippen molar-refractivity contribution in [3.8, 4) is 0 Å². The minimum absolute atomic E-state index is 0.107. The Labute approximate surface area is 149 Å². The van der Waals surface area contributed by atoms with Crippen molar-refractivity contribution in [1.82, 2.24) is 5.32 Å². The van der Waals surface area contributed by atoms with Crippen LogP contribution in [0.3, 0.4) is 0 Å². The molecule has 1 saturated carbocycles. The van der Waals surface area contributed by atoms with Gasteiger partial charge >= 0.3 is 0 Å². The maximum Gasteiger partial charge on any atom is 0.220 e. The first kappa shape index (κ1) is 21.4. The van der Waals surface area contributed by atoms with Gasteiger partial charge in [0.2, 0.25) is 5.91 Å². The van der Waals surface area contributed by atoms with E-state index in [1.165, 1.54) is 32.1 Å². The first-order valence-corrected chi connectivity index (χ1v) is 10.1. The molecule has 0 unspecified atom stereocenters. The molecule has 0 aliphatic heterocycles. The van der Waals surface area contributed by atoms with E-state index < -0.39 is 6.10 Å². The summed E-state index contributed by atoms with van der Waals surface area (Å²) in [5.41, 5.74) is 6.27. The van der Waals surface area contributed by atoms with Gasteiger partial charge in [0, 0.05) is 19.0 Å². The second kappa shape index (κ2) is 11.9. The molecule has 1 aliphatic carbocycles. The van der Waals surface area contributed by atoms with Crippen molar-refractivity contribution in [3.05, 3.63) is 0 Å². The van der Waals surface area contributed by atoms with Crippen molar-refractivity contribution in [1.29, 1.82) is 0 Å². The topological polar surface area (TPSA) is 75.3 Å².